The molecule has 162 valence electrons. The number of aromatic amines is 1. The maximum Gasteiger partial charge on any atom is 0.251 e. The fourth-order valence-electron chi connectivity index (χ4n) is 4.27. The van der Waals surface area contributed by atoms with E-state index in [1.165, 1.54) is 5.56 Å². The number of imidazole rings is 1. The second-order valence-corrected chi connectivity index (χ2v) is 8.77. The van der Waals surface area contributed by atoms with Gasteiger partial charge in [-0.3, -0.25) is 9.69 Å². The highest BCUT2D eigenvalue weighted by molar-refractivity contribution is 6.31. The number of benzene rings is 3. The van der Waals surface area contributed by atoms with E-state index < -0.39 is 0 Å². The highest BCUT2D eigenvalue weighted by Crippen LogP contribution is 2.24. The van der Waals surface area contributed by atoms with Gasteiger partial charge in [0.05, 0.1) is 11.0 Å². The second-order valence-electron chi connectivity index (χ2n) is 8.34. The minimum atomic E-state index is -0.0347. The lowest BCUT2D eigenvalue weighted by atomic mass is 10.0. The molecule has 0 atom stereocenters. The van der Waals surface area contributed by atoms with Crippen molar-refractivity contribution >= 4 is 28.5 Å². The number of nitrogens with zero attached hydrogens (tertiary/aromatic N) is 2. The van der Waals surface area contributed by atoms with E-state index in [0.717, 1.165) is 54.9 Å². The van der Waals surface area contributed by atoms with Gasteiger partial charge in [-0.25, -0.2) is 4.98 Å². The van der Waals surface area contributed by atoms with Gasteiger partial charge in [0.15, 0.2) is 0 Å². The summed E-state index contributed by atoms with van der Waals surface area (Å²) in [6.07, 6.45) is 1.92. The first kappa shape index (κ1) is 20.7. The highest BCUT2D eigenvalue weighted by atomic mass is 35.5. The topological polar surface area (TPSA) is 61.0 Å². The molecular weight excluding hydrogens is 420 g/mol. The molecule has 1 aromatic heterocycles. The van der Waals surface area contributed by atoms with Gasteiger partial charge < -0.3 is 10.3 Å². The predicted octanol–water partition coefficient (Wildman–Crippen LogP) is 5.28. The summed E-state index contributed by atoms with van der Waals surface area (Å²) < 4.78 is 0. The quantitative estimate of drug-likeness (QED) is 0.440. The molecule has 1 amide bonds. The average molecular weight is 445 g/mol. The number of likely N-dealkylation sites (tertiary alicyclic amines) is 1. The molecule has 4 aromatic rings. The summed E-state index contributed by atoms with van der Waals surface area (Å²) in [5.74, 6) is 0.693. The molecule has 1 aliphatic rings. The third kappa shape index (κ3) is 4.69. The van der Waals surface area contributed by atoms with Crippen molar-refractivity contribution in [1.82, 2.24) is 20.2 Å². The number of hydrogen-bond donors (Lipinski definition) is 2. The Morgan fingerprint density at radius 1 is 1.03 bits per heavy atom. The monoisotopic (exact) mass is 444 g/mol. The van der Waals surface area contributed by atoms with Gasteiger partial charge in [0.2, 0.25) is 0 Å². The fourth-order valence-corrected chi connectivity index (χ4v) is 4.44. The van der Waals surface area contributed by atoms with Crippen LogP contribution in [0.2, 0.25) is 5.02 Å². The van der Waals surface area contributed by atoms with Crippen LogP contribution in [0.3, 0.4) is 0 Å². The Bertz CT molecular complexity index is 1230. The SMILES string of the molecule is O=C(NC1CCN(Cc2ccccc2)CC1)c1cccc(-c2nc3ccc(Cl)cc3[nH]2)c1. The number of hydrogen-bond acceptors (Lipinski definition) is 3. The zero-order valence-corrected chi connectivity index (χ0v) is 18.5. The van der Waals surface area contributed by atoms with Crippen LogP contribution in [-0.4, -0.2) is 39.9 Å². The van der Waals surface area contributed by atoms with Gasteiger partial charge >= 0.3 is 0 Å². The van der Waals surface area contributed by atoms with Crippen molar-refractivity contribution in [2.45, 2.75) is 25.4 Å². The minimum absolute atomic E-state index is 0.0347. The number of H-pyrrole nitrogens is 1. The Hall–Kier alpha value is -3.15. The lowest BCUT2D eigenvalue weighted by Crippen LogP contribution is -2.44. The van der Waals surface area contributed by atoms with Crippen LogP contribution >= 0.6 is 11.6 Å². The van der Waals surface area contributed by atoms with E-state index in [4.69, 9.17) is 11.6 Å². The Morgan fingerprint density at radius 3 is 2.66 bits per heavy atom. The van der Waals surface area contributed by atoms with E-state index in [-0.39, 0.29) is 11.9 Å². The molecule has 0 aliphatic carbocycles. The van der Waals surface area contributed by atoms with Gasteiger partial charge in [0.25, 0.3) is 5.91 Å². The molecule has 2 heterocycles. The number of rotatable bonds is 5. The van der Waals surface area contributed by atoms with E-state index in [1.54, 1.807) is 0 Å². The van der Waals surface area contributed by atoms with Crippen LogP contribution in [0.1, 0.15) is 28.8 Å². The van der Waals surface area contributed by atoms with Gasteiger partial charge in [0, 0.05) is 41.8 Å². The van der Waals surface area contributed by atoms with Gasteiger partial charge in [-0.15, -0.1) is 0 Å². The predicted molar refractivity (Wildman–Crippen MR) is 129 cm³/mol. The molecule has 6 heteroatoms. The standard InChI is InChI=1S/C26H25ClN4O/c27-21-9-10-23-24(16-21)30-25(29-23)19-7-4-8-20(15-19)26(32)28-22-11-13-31(14-12-22)17-18-5-2-1-3-6-18/h1-10,15-16,22H,11-14,17H2,(H,28,32)(H,29,30). The molecule has 5 nitrogen and oxygen atoms in total. The molecule has 3 aromatic carbocycles. The average Bonchev–Trinajstić information content (AvgIpc) is 3.24. The number of halogens is 1. The van der Waals surface area contributed by atoms with E-state index in [0.29, 0.717) is 10.6 Å². The maximum absolute atomic E-state index is 12.9. The zero-order chi connectivity index (χ0) is 21.9. The van der Waals surface area contributed by atoms with Crippen molar-refractivity contribution in [2.75, 3.05) is 13.1 Å². The van der Waals surface area contributed by atoms with Crippen molar-refractivity contribution in [2.24, 2.45) is 0 Å². The molecular formula is C26H25ClN4O. The molecule has 0 unspecified atom stereocenters. The van der Waals surface area contributed by atoms with E-state index in [9.17, 15) is 4.79 Å². The van der Waals surface area contributed by atoms with E-state index in [1.807, 2.05) is 48.5 Å². The second kappa shape index (κ2) is 9.15. The summed E-state index contributed by atoms with van der Waals surface area (Å²) in [6, 6.07) is 23.9. The Morgan fingerprint density at radius 2 is 1.84 bits per heavy atom. The summed E-state index contributed by atoms with van der Waals surface area (Å²) in [4.78, 5) is 23.3. The number of nitrogens with one attached hydrogen (secondary N) is 2. The molecule has 2 N–H and O–H groups in total. The number of fused-ring (bicyclic) bond motifs is 1. The summed E-state index contributed by atoms with van der Waals surface area (Å²) in [7, 11) is 0. The summed E-state index contributed by atoms with van der Waals surface area (Å²) in [6.45, 7) is 2.94. The number of aromatic nitrogens is 2. The fraction of sp³-hybridized carbons (Fsp3) is 0.231. The van der Waals surface area contributed by atoms with Crippen LogP contribution in [0.15, 0.2) is 72.8 Å². The number of carbonyl (C=O) groups excluding carboxylic acids is 1. The van der Waals surface area contributed by atoms with Crippen LogP contribution in [0.25, 0.3) is 22.4 Å². The molecule has 1 aliphatic heterocycles. The van der Waals surface area contributed by atoms with Crippen LogP contribution in [0.5, 0.6) is 0 Å². The van der Waals surface area contributed by atoms with E-state index in [2.05, 4.69) is 44.5 Å². The van der Waals surface area contributed by atoms with Crippen molar-refractivity contribution in [3.8, 4) is 11.4 Å². The van der Waals surface area contributed by atoms with Crippen molar-refractivity contribution in [3.63, 3.8) is 0 Å². The normalized spacial score (nSPS) is 15.2. The Kier molecular flexibility index (Phi) is 5.93. The lowest BCUT2D eigenvalue weighted by molar-refractivity contribution is 0.0909. The van der Waals surface area contributed by atoms with Crippen LogP contribution in [0, 0.1) is 0 Å². The first-order chi connectivity index (χ1) is 15.6. The number of piperidine rings is 1. The molecule has 32 heavy (non-hydrogen) atoms. The van der Waals surface area contributed by atoms with Crippen LogP contribution < -0.4 is 5.32 Å². The van der Waals surface area contributed by atoms with Crippen molar-refractivity contribution in [1.29, 1.82) is 0 Å². The summed E-state index contributed by atoms with van der Waals surface area (Å²) in [5, 5.41) is 3.88. The molecule has 5 rings (SSSR count). The molecule has 0 bridgehead atoms. The smallest absolute Gasteiger partial charge is 0.251 e. The van der Waals surface area contributed by atoms with Gasteiger partial charge in [-0.1, -0.05) is 54.1 Å². The minimum Gasteiger partial charge on any atom is -0.349 e. The molecule has 0 radical (unpaired) electrons. The highest BCUT2D eigenvalue weighted by Gasteiger charge is 2.21. The Labute approximate surface area is 192 Å². The first-order valence-electron chi connectivity index (χ1n) is 11.0. The van der Waals surface area contributed by atoms with Gasteiger partial charge in [0.1, 0.15) is 5.82 Å². The van der Waals surface area contributed by atoms with E-state index >= 15 is 0 Å². The molecule has 1 fully saturated rings. The van der Waals surface area contributed by atoms with Gasteiger partial charge in [-0.2, -0.15) is 0 Å². The van der Waals surface area contributed by atoms with Crippen molar-refractivity contribution < 1.29 is 4.79 Å². The van der Waals surface area contributed by atoms with Crippen LogP contribution in [-0.2, 0) is 6.54 Å². The Balaban J connectivity index is 1.21. The van der Waals surface area contributed by atoms with Crippen LogP contribution in [0.4, 0.5) is 0 Å². The third-order valence-corrected chi connectivity index (χ3v) is 6.25. The largest absolute Gasteiger partial charge is 0.349 e. The summed E-state index contributed by atoms with van der Waals surface area (Å²) in [5.41, 5.74) is 4.58. The van der Waals surface area contributed by atoms with Gasteiger partial charge in [-0.05, 0) is 48.7 Å². The zero-order valence-electron chi connectivity index (χ0n) is 17.7. The third-order valence-electron chi connectivity index (χ3n) is 6.01. The molecule has 0 saturated carbocycles. The van der Waals surface area contributed by atoms with Crippen molar-refractivity contribution in [3.05, 3.63) is 88.9 Å². The number of carbonyl (C=O) groups is 1. The first-order valence-corrected chi connectivity index (χ1v) is 11.3. The lowest BCUT2D eigenvalue weighted by Gasteiger charge is -2.32. The number of amides is 1. The maximum atomic E-state index is 12.9. The summed E-state index contributed by atoms with van der Waals surface area (Å²) >= 11 is 6.08. The molecule has 1 saturated heterocycles. The molecule has 0 spiro atoms.